The van der Waals surface area contributed by atoms with Crippen molar-refractivity contribution in [1.82, 2.24) is 0 Å². The minimum atomic E-state index is -2.67. The van der Waals surface area contributed by atoms with Crippen molar-refractivity contribution in [1.29, 1.82) is 0 Å². The molecule has 0 aromatic rings. The van der Waals surface area contributed by atoms with Crippen LogP contribution in [0.1, 0.15) is 6.92 Å². The van der Waals surface area contributed by atoms with Crippen LogP contribution in [0.4, 0.5) is 17.3 Å². The fraction of sp³-hybridized carbons (Fsp3) is 1.00. The maximum atomic E-state index is 10.1. The summed E-state index contributed by atoms with van der Waals surface area (Å²) in [5.74, 6) is 0. The lowest BCUT2D eigenvalue weighted by atomic mass is 10.3. The van der Waals surface area contributed by atoms with Crippen molar-refractivity contribution in [2.24, 2.45) is 0 Å². The molecule has 0 saturated carbocycles. The predicted octanol–water partition coefficient (Wildman–Crippen LogP) is -3.59. The third-order valence-electron chi connectivity index (χ3n) is 0.949. The topological polar surface area (TPSA) is 162 Å². The second-order valence-electron chi connectivity index (χ2n) is 3.85. The number of halogens is 4. The molecule has 0 saturated heterocycles. The van der Waals surface area contributed by atoms with Gasteiger partial charge < -0.3 is 44.7 Å². The van der Waals surface area contributed by atoms with Crippen LogP contribution in [0.25, 0.3) is 0 Å². The molecular formula is C5H22B4F4NO8+. The molecule has 0 rings (SSSR count). The third-order valence-corrected chi connectivity index (χ3v) is 0.949. The highest BCUT2D eigenvalue weighted by molar-refractivity contribution is 6.32. The van der Waals surface area contributed by atoms with Gasteiger partial charge >= 0.3 is 29.6 Å². The van der Waals surface area contributed by atoms with Gasteiger partial charge in [0.25, 0.3) is 0 Å². The van der Waals surface area contributed by atoms with Crippen molar-refractivity contribution in [3.05, 3.63) is 0 Å². The van der Waals surface area contributed by atoms with Crippen molar-refractivity contribution in [2.45, 2.75) is 6.92 Å². The highest BCUT2D eigenvalue weighted by atomic mass is 19.1. The molecule has 0 radical (unpaired) electrons. The highest BCUT2D eigenvalue weighted by Crippen LogP contribution is 1.83. The van der Waals surface area contributed by atoms with Gasteiger partial charge in [-0.3, -0.25) is 17.3 Å². The molecule has 0 unspecified atom stereocenters. The van der Waals surface area contributed by atoms with Gasteiger partial charge in [-0.15, -0.1) is 0 Å². The second kappa shape index (κ2) is 22.9. The Hall–Kier alpha value is -0.380. The van der Waals surface area contributed by atoms with E-state index in [1.165, 1.54) is 6.54 Å². The van der Waals surface area contributed by atoms with Crippen LogP contribution in [-0.4, -0.2) is 102 Å². The molecule has 0 aromatic heterocycles. The Morgan fingerprint density at radius 2 is 0.636 bits per heavy atom. The minimum absolute atomic E-state index is 1.07. The molecule has 0 aliphatic heterocycles. The van der Waals surface area contributed by atoms with E-state index < -0.39 is 29.6 Å². The van der Waals surface area contributed by atoms with Gasteiger partial charge in [0.05, 0.1) is 27.7 Å². The summed E-state index contributed by atoms with van der Waals surface area (Å²) in [6.07, 6.45) is 0. The lowest BCUT2D eigenvalue weighted by Crippen LogP contribution is -2.33. The average molecular weight is 343 g/mol. The van der Waals surface area contributed by atoms with Crippen LogP contribution >= 0.6 is 0 Å². The lowest BCUT2D eigenvalue weighted by Gasteiger charge is -2.20. The van der Waals surface area contributed by atoms with E-state index in [1.807, 2.05) is 0 Å². The predicted molar refractivity (Wildman–Crippen MR) is 73.8 cm³/mol. The molecule has 9 nitrogen and oxygen atoms in total. The van der Waals surface area contributed by atoms with Gasteiger partial charge in [-0.05, 0) is 6.92 Å². The van der Waals surface area contributed by atoms with Crippen LogP contribution in [0.5, 0.6) is 0 Å². The first-order valence-corrected chi connectivity index (χ1v) is 5.30. The molecule has 0 heterocycles. The molecule has 0 fully saturated rings. The van der Waals surface area contributed by atoms with E-state index in [1.54, 1.807) is 0 Å². The first-order chi connectivity index (χ1) is 9.49. The summed E-state index contributed by atoms with van der Waals surface area (Å²) in [7, 11) is -4.13. The van der Waals surface area contributed by atoms with Gasteiger partial charge in [-0.1, -0.05) is 0 Å². The van der Waals surface area contributed by atoms with Crippen LogP contribution < -0.4 is 0 Å². The largest absolute Gasteiger partial charge is 0.674 e. The average Bonchev–Trinajstić information content (AvgIpc) is 2.12. The Bertz CT molecular complexity index is 155. The van der Waals surface area contributed by atoms with Gasteiger partial charge in [0.1, 0.15) is 0 Å². The molecule has 0 bridgehead atoms. The summed E-state index contributed by atoms with van der Waals surface area (Å²) in [6.45, 7) is 3.39. The van der Waals surface area contributed by atoms with E-state index in [0.717, 1.165) is 4.48 Å². The summed E-state index contributed by atoms with van der Waals surface area (Å²) in [4.78, 5) is 0. The molecule has 8 N–H and O–H groups in total. The Labute approximate surface area is 127 Å². The first kappa shape index (κ1) is 33.3. The maximum Gasteiger partial charge on any atom is 0.674 e. The lowest BCUT2D eigenvalue weighted by molar-refractivity contribution is -0.868. The van der Waals surface area contributed by atoms with E-state index in [2.05, 4.69) is 28.1 Å². The number of quaternary nitrogens is 1. The molecular weight excluding hydrogens is 321 g/mol. The van der Waals surface area contributed by atoms with Crippen molar-refractivity contribution in [3.63, 3.8) is 0 Å². The van der Waals surface area contributed by atoms with Crippen LogP contribution in [0.15, 0.2) is 0 Å². The summed E-state index contributed by atoms with van der Waals surface area (Å²) >= 11 is 0. The summed E-state index contributed by atoms with van der Waals surface area (Å²) < 4.78 is 41.5. The van der Waals surface area contributed by atoms with Gasteiger partial charge in [-0.2, -0.15) is 0 Å². The molecule has 0 aliphatic rings. The SMILES string of the molecule is CC[N+](C)(C)C.OB(O)F.OB(O)F.OB(O)F.OB(O)F. The zero-order valence-electron chi connectivity index (χ0n) is 12.6. The molecule has 0 aliphatic carbocycles. The minimum Gasteiger partial charge on any atom is -0.398 e. The van der Waals surface area contributed by atoms with Crippen LogP contribution in [0.2, 0.25) is 0 Å². The number of nitrogens with zero attached hydrogens (tertiary/aromatic N) is 1. The zero-order chi connectivity index (χ0) is 19.5. The summed E-state index contributed by atoms with van der Waals surface area (Å²) in [5.41, 5.74) is 0. The molecule has 0 aromatic carbocycles. The first-order valence-electron chi connectivity index (χ1n) is 5.30. The smallest absolute Gasteiger partial charge is 0.398 e. The number of hydrogen-bond acceptors (Lipinski definition) is 8. The van der Waals surface area contributed by atoms with Gasteiger partial charge in [0.2, 0.25) is 0 Å². The highest BCUT2D eigenvalue weighted by Gasteiger charge is 1.98. The maximum absolute atomic E-state index is 10.1. The number of rotatable bonds is 1. The fourth-order valence-corrected chi connectivity index (χ4v) is 0. The van der Waals surface area contributed by atoms with Crippen LogP contribution in [0, 0.1) is 0 Å². The molecule has 0 atom stereocenters. The Morgan fingerprint density at radius 1 is 0.591 bits per heavy atom. The fourth-order valence-electron chi connectivity index (χ4n) is 0. The molecule has 17 heteroatoms. The van der Waals surface area contributed by atoms with Crippen LogP contribution in [0.3, 0.4) is 0 Å². The Kier molecular flexibility index (Phi) is 34.6. The molecule has 0 amide bonds. The number of hydrogen-bond donors (Lipinski definition) is 8. The zero-order valence-corrected chi connectivity index (χ0v) is 12.6. The standard InChI is InChI=1S/C5H14N.4BFH2O2/c1-5-6(2,3)4;4*2-1(3)4/h5H2,1-4H3;4*3-4H/q+1;;;;. The van der Waals surface area contributed by atoms with Crippen molar-refractivity contribution < 1.29 is 61.9 Å². The van der Waals surface area contributed by atoms with Gasteiger partial charge in [0.15, 0.2) is 0 Å². The van der Waals surface area contributed by atoms with E-state index >= 15 is 0 Å². The Morgan fingerprint density at radius 3 is 0.636 bits per heavy atom. The van der Waals surface area contributed by atoms with E-state index in [0.29, 0.717) is 0 Å². The van der Waals surface area contributed by atoms with Crippen molar-refractivity contribution in [2.75, 3.05) is 27.7 Å². The van der Waals surface area contributed by atoms with Crippen LogP contribution in [-0.2, 0) is 0 Å². The van der Waals surface area contributed by atoms with Crippen molar-refractivity contribution in [3.8, 4) is 0 Å². The van der Waals surface area contributed by atoms with Crippen molar-refractivity contribution >= 4 is 29.6 Å². The molecule has 22 heavy (non-hydrogen) atoms. The second-order valence-corrected chi connectivity index (χ2v) is 3.85. The quantitative estimate of drug-likeness (QED) is 0.138. The van der Waals surface area contributed by atoms with E-state index in [4.69, 9.17) is 40.2 Å². The monoisotopic (exact) mass is 344 g/mol. The van der Waals surface area contributed by atoms with E-state index in [9.17, 15) is 17.3 Å². The Balaban J connectivity index is -0.0000000555. The van der Waals surface area contributed by atoms with E-state index in [-0.39, 0.29) is 0 Å². The summed E-state index contributed by atoms with van der Waals surface area (Å²) in [5, 5.41) is 55.6. The normalized spacial score (nSPS) is 8.18. The third kappa shape index (κ3) is 991. The molecule has 0 spiro atoms. The summed E-state index contributed by atoms with van der Waals surface area (Å²) in [6, 6.07) is 0. The molecule has 134 valence electrons. The van der Waals surface area contributed by atoms with Gasteiger partial charge in [0, 0.05) is 0 Å². The van der Waals surface area contributed by atoms with Gasteiger partial charge in [-0.25, -0.2) is 0 Å².